The Balaban J connectivity index is 1.28. The third kappa shape index (κ3) is 3.47. The average Bonchev–Trinajstić information content (AvgIpc) is 3.36. The van der Waals surface area contributed by atoms with E-state index in [4.69, 9.17) is 4.42 Å². The zero-order chi connectivity index (χ0) is 17.1. The first-order valence-corrected chi connectivity index (χ1v) is 8.61. The van der Waals surface area contributed by atoms with E-state index >= 15 is 0 Å². The van der Waals surface area contributed by atoms with Crippen molar-refractivity contribution in [1.29, 1.82) is 0 Å². The number of nitrogens with one attached hydrogen (secondary N) is 1. The Kier molecular flexibility index (Phi) is 4.33. The highest BCUT2D eigenvalue weighted by Crippen LogP contribution is 2.22. The molecule has 25 heavy (non-hydrogen) atoms. The third-order valence-electron chi connectivity index (χ3n) is 4.45. The molecule has 1 aliphatic heterocycles. The van der Waals surface area contributed by atoms with Crippen LogP contribution < -0.4 is 5.32 Å². The number of aryl methyl sites for hydroxylation is 2. The fraction of sp³-hybridized carbons (Fsp3) is 0.316. The summed E-state index contributed by atoms with van der Waals surface area (Å²) in [5, 5.41) is 11.2. The first-order valence-electron chi connectivity index (χ1n) is 8.61. The van der Waals surface area contributed by atoms with E-state index in [2.05, 4.69) is 20.1 Å². The monoisotopic (exact) mass is 336 g/mol. The van der Waals surface area contributed by atoms with Crippen molar-refractivity contribution in [3.05, 3.63) is 59.9 Å². The minimum absolute atomic E-state index is 0.00647. The number of hydrogen-bond acceptors (Lipinski definition) is 4. The van der Waals surface area contributed by atoms with Crippen molar-refractivity contribution < 1.29 is 9.21 Å². The van der Waals surface area contributed by atoms with Gasteiger partial charge in [0.05, 0.1) is 6.54 Å². The van der Waals surface area contributed by atoms with Gasteiger partial charge in [0, 0.05) is 31.4 Å². The van der Waals surface area contributed by atoms with E-state index in [1.54, 1.807) is 0 Å². The van der Waals surface area contributed by atoms with Crippen molar-refractivity contribution in [1.82, 2.24) is 20.1 Å². The SMILES string of the molecule is O=C(CCc1ccc(-c2ccccc2)o1)NCc1nnc2n1CCC2. The fourth-order valence-electron chi connectivity index (χ4n) is 3.11. The molecule has 0 radical (unpaired) electrons. The van der Waals surface area contributed by atoms with Gasteiger partial charge < -0.3 is 14.3 Å². The summed E-state index contributed by atoms with van der Waals surface area (Å²) in [7, 11) is 0. The van der Waals surface area contributed by atoms with Gasteiger partial charge in [0.1, 0.15) is 17.3 Å². The normalized spacial score (nSPS) is 13.0. The molecule has 0 bridgehead atoms. The van der Waals surface area contributed by atoms with Crippen LogP contribution in [-0.2, 0) is 30.7 Å². The van der Waals surface area contributed by atoms with Gasteiger partial charge in [-0.3, -0.25) is 4.79 Å². The van der Waals surface area contributed by atoms with E-state index in [1.165, 1.54) is 0 Å². The fourth-order valence-corrected chi connectivity index (χ4v) is 3.11. The molecule has 0 fully saturated rings. The molecule has 0 saturated heterocycles. The zero-order valence-corrected chi connectivity index (χ0v) is 13.9. The predicted octanol–water partition coefficient (Wildman–Crippen LogP) is 2.73. The summed E-state index contributed by atoms with van der Waals surface area (Å²) < 4.78 is 7.92. The van der Waals surface area contributed by atoms with Crippen molar-refractivity contribution >= 4 is 5.91 Å². The van der Waals surface area contributed by atoms with E-state index in [0.29, 0.717) is 19.4 Å². The molecule has 0 atom stereocenters. The second-order valence-electron chi connectivity index (χ2n) is 6.20. The summed E-state index contributed by atoms with van der Waals surface area (Å²) in [6, 6.07) is 13.8. The molecule has 4 rings (SSSR count). The number of fused-ring (bicyclic) bond motifs is 1. The van der Waals surface area contributed by atoms with Crippen molar-refractivity contribution in [2.75, 3.05) is 0 Å². The molecule has 3 aromatic rings. The number of aromatic nitrogens is 3. The Morgan fingerprint density at radius 2 is 2.04 bits per heavy atom. The number of rotatable bonds is 6. The number of hydrogen-bond donors (Lipinski definition) is 1. The smallest absolute Gasteiger partial charge is 0.220 e. The molecule has 1 aliphatic rings. The Bertz CT molecular complexity index is 867. The Morgan fingerprint density at radius 3 is 2.92 bits per heavy atom. The number of amides is 1. The van der Waals surface area contributed by atoms with Crippen LogP contribution in [0.4, 0.5) is 0 Å². The van der Waals surface area contributed by atoms with Crippen LogP contribution in [0.1, 0.15) is 30.3 Å². The lowest BCUT2D eigenvalue weighted by atomic mass is 10.2. The minimum Gasteiger partial charge on any atom is -0.461 e. The summed E-state index contributed by atoms with van der Waals surface area (Å²) >= 11 is 0. The number of furan rings is 1. The van der Waals surface area contributed by atoms with Gasteiger partial charge in [0.2, 0.25) is 5.91 Å². The summed E-state index contributed by atoms with van der Waals surface area (Å²) in [6.45, 7) is 1.38. The predicted molar refractivity (Wildman–Crippen MR) is 92.7 cm³/mol. The standard InChI is InChI=1S/C19H20N4O2/c24-19(20-13-18-22-21-17-7-4-12-23(17)18)11-9-15-8-10-16(25-15)14-5-2-1-3-6-14/h1-3,5-6,8,10H,4,7,9,11-13H2,(H,20,24). The molecule has 2 aromatic heterocycles. The van der Waals surface area contributed by atoms with Gasteiger partial charge in [-0.1, -0.05) is 30.3 Å². The van der Waals surface area contributed by atoms with Crippen molar-refractivity contribution in [2.24, 2.45) is 0 Å². The molecule has 0 spiro atoms. The zero-order valence-electron chi connectivity index (χ0n) is 13.9. The van der Waals surface area contributed by atoms with Crippen molar-refractivity contribution in [3.63, 3.8) is 0 Å². The van der Waals surface area contributed by atoms with Crippen LogP contribution in [-0.4, -0.2) is 20.7 Å². The number of benzene rings is 1. The Labute approximate surface area is 145 Å². The van der Waals surface area contributed by atoms with E-state index in [1.807, 2.05) is 42.5 Å². The number of nitrogens with zero attached hydrogens (tertiary/aromatic N) is 3. The highest BCUT2D eigenvalue weighted by Gasteiger charge is 2.17. The van der Waals surface area contributed by atoms with Gasteiger partial charge in [-0.25, -0.2) is 0 Å². The lowest BCUT2D eigenvalue weighted by Crippen LogP contribution is -2.24. The van der Waals surface area contributed by atoms with E-state index in [-0.39, 0.29) is 5.91 Å². The second kappa shape index (κ2) is 6.93. The molecule has 0 aliphatic carbocycles. The molecule has 1 N–H and O–H groups in total. The summed E-state index contributed by atoms with van der Waals surface area (Å²) in [5.74, 6) is 3.50. The van der Waals surface area contributed by atoms with Gasteiger partial charge in [0.15, 0.2) is 5.82 Å². The largest absolute Gasteiger partial charge is 0.461 e. The van der Waals surface area contributed by atoms with Crippen LogP contribution >= 0.6 is 0 Å². The van der Waals surface area contributed by atoms with Gasteiger partial charge in [0.25, 0.3) is 0 Å². The Hall–Kier alpha value is -2.89. The minimum atomic E-state index is -0.00647. The molecule has 1 aromatic carbocycles. The summed E-state index contributed by atoms with van der Waals surface area (Å²) in [6.07, 6.45) is 3.05. The van der Waals surface area contributed by atoms with E-state index < -0.39 is 0 Å². The molecular formula is C19H20N4O2. The van der Waals surface area contributed by atoms with E-state index in [9.17, 15) is 4.79 Å². The topological polar surface area (TPSA) is 73.0 Å². The van der Waals surface area contributed by atoms with E-state index in [0.717, 1.165) is 48.1 Å². The maximum Gasteiger partial charge on any atom is 0.220 e. The number of carbonyl (C=O) groups excluding carboxylic acids is 1. The van der Waals surface area contributed by atoms with Crippen LogP contribution in [0.15, 0.2) is 46.9 Å². The average molecular weight is 336 g/mol. The molecule has 0 saturated carbocycles. The summed E-state index contributed by atoms with van der Waals surface area (Å²) in [4.78, 5) is 12.1. The molecule has 1 amide bonds. The lowest BCUT2D eigenvalue weighted by Gasteiger charge is -2.05. The van der Waals surface area contributed by atoms with Crippen LogP contribution in [0.5, 0.6) is 0 Å². The highest BCUT2D eigenvalue weighted by atomic mass is 16.3. The second-order valence-corrected chi connectivity index (χ2v) is 6.20. The van der Waals surface area contributed by atoms with Crippen LogP contribution in [0, 0.1) is 0 Å². The lowest BCUT2D eigenvalue weighted by molar-refractivity contribution is -0.121. The highest BCUT2D eigenvalue weighted by molar-refractivity contribution is 5.76. The molecule has 3 heterocycles. The van der Waals surface area contributed by atoms with Gasteiger partial charge in [-0.05, 0) is 18.6 Å². The maximum atomic E-state index is 12.1. The molecular weight excluding hydrogens is 316 g/mol. The van der Waals surface area contributed by atoms with Crippen LogP contribution in [0.2, 0.25) is 0 Å². The Morgan fingerprint density at radius 1 is 1.16 bits per heavy atom. The molecule has 128 valence electrons. The van der Waals surface area contributed by atoms with Gasteiger partial charge in [-0.2, -0.15) is 0 Å². The molecule has 6 heteroatoms. The van der Waals surface area contributed by atoms with Crippen molar-refractivity contribution in [3.8, 4) is 11.3 Å². The number of carbonyl (C=O) groups is 1. The molecule has 0 unspecified atom stereocenters. The van der Waals surface area contributed by atoms with Crippen LogP contribution in [0.25, 0.3) is 11.3 Å². The first-order chi connectivity index (χ1) is 12.3. The van der Waals surface area contributed by atoms with Crippen molar-refractivity contribution in [2.45, 2.75) is 38.8 Å². The van der Waals surface area contributed by atoms with Gasteiger partial charge in [-0.15, -0.1) is 10.2 Å². The van der Waals surface area contributed by atoms with Crippen LogP contribution in [0.3, 0.4) is 0 Å². The summed E-state index contributed by atoms with van der Waals surface area (Å²) in [5.41, 5.74) is 1.04. The quantitative estimate of drug-likeness (QED) is 0.751. The van der Waals surface area contributed by atoms with Gasteiger partial charge >= 0.3 is 0 Å². The first kappa shape index (κ1) is 15.6. The maximum absolute atomic E-state index is 12.1. The molecule has 6 nitrogen and oxygen atoms in total. The third-order valence-corrected chi connectivity index (χ3v) is 4.45.